The van der Waals surface area contributed by atoms with Gasteiger partial charge in [0.1, 0.15) is 5.75 Å². The highest BCUT2D eigenvalue weighted by Crippen LogP contribution is 2.48. The molecule has 1 aromatic heterocycles. The lowest BCUT2D eigenvalue weighted by atomic mass is 9.77. The molecule has 32 heavy (non-hydrogen) atoms. The van der Waals surface area contributed by atoms with Gasteiger partial charge in [0.2, 0.25) is 0 Å². The average molecular weight is 463 g/mol. The lowest BCUT2D eigenvalue weighted by molar-refractivity contribution is 0.217. The van der Waals surface area contributed by atoms with Gasteiger partial charge in [0.05, 0.1) is 25.5 Å². The average Bonchev–Trinajstić information content (AvgIpc) is 2.68. The molecule has 0 radical (unpaired) electrons. The van der Waals surface area contributed by atoms with Gasteiger partial charge in [-0.1, -0.05) is 47.6 Å². The number of nitrogens with one attached hydrogen (secondary N) is 1. The molecule has 6 nitrogen and oxygen atoms in total. The number of nitrogens with zero attached hydrogens (tertiary/aromatic N) is 1. The number of aromatic hydroxyl groups is 1. The number of phenolic OH excluding ortho intramolecular Hbond substituents is 1. The molecule has 1 heterocycles. The first-order valence-electron chi connectivity index (χ1n) is 11.2. The molecule has 0 aliphatic carbocycles. The normalized spacial score (nSPS) is 13.9. The van der Waals surface area contributed by atoms with Crippen molar-refractivity contribution in [1.82, 2.24) is 10.3 Å². The van der Waals surface area contributed by atoms with Crippen molar-refractivity contribution in [2.45, 2.75) is 72.3 Å². The molecule has 0 saturated heterocycles. The second-order valence-electron chi connectivity index (χ2n) is 9.99. The summed E-state index contributed by atoms with van der Waals surface area (Å²) in [5.41, 5.74) is 3.11. The summed E-state index contributed by atoms with van der Waals surface area (Å²) in [6.07, 6.45) is 3.58. The summed E-state index contributed by atoms with van der Waals surface area (Å²) >= 11 is 0. The Morgan fingerprint density at radius 2 is 1.53 bits per heavy atom. The van der Waals surface area contributed by atoms with Crippen molar-refractivity contribution in [2.24, 2.45) is 0 Å². The standard InChI is InChI=1S/C25H39N2O4P/c1-9-30-32(29,31-10-2)17-27-22(18-12-11-13-26-16-18)19-14-20(24(3,4)5)23(28)21(15-19)25(6,7)8/h11-16,22,27-28H,9-10,17H2,1-8H3. The minimum Gasteiger partial charge on any atom is -0.507 e. The Kier molecular flexibility index (Phi) is 8.69. The van der Waals surface area contributed by atoms with Crippen molar-refractivity contribution < 1.29 is 18.7 Å². The Morgan fingerprint density at radius 1 is 1.00 bits per heavy atom. The molecule has 0 bridgehead atoms. The van der Waals surface area contributed by atoms with Crippen LogP contribution in [0.5, 0.6) is 5.75 Å². The third-order valence-corrected chi connectivity index (χ3v) is 7.11. The molecule has 2 rings (SSSR count). The van der Waals surface area contributed by atoms with Crippen molar-refractivity contribution in [3.8, 4) is 5.75 Å². The lowest BCUT2D eigenvalue weighted by Gasteiger charge is -2.30. The molecular formula is C25H39N2O4P. The van der Waals surface area contributed by atoms with Crippen molar-refractivity contribution in [3.05, 3.63) is 58.9 Å². The summed E-state index contributed by atoms with van der Waals surface area (Å²) in [5.74, 6) is 0.327. The van der Waals surface area contributed by atoms with Crippen LogP contribution >= 0.6 is 7.60 Å². The molecule has 0 spiro atoms. The molecule has 0 aliphatic rings. The molecule has 178 valence electrons. The maximum absolute atomic E-state index is 13.1. The van der Waals surface area contributed by atoms with E-state index in [4.69, 9.17) is 9.05 Å². The van der Waals surface area contributed by atoms with Crippen LogP contribution in [0, 0.1) is 0 Å². The highest BCUT2D eigenvalue weighted by molar-refractivity contribution is 7.53. The van der Waals surface area contributed by atoms with E-state index in [9.17, 15) is 9.67 Å². The first-order valence-corrected chi connectivity index (χ1v) is 12.9. The maximum Gasteiger partial charge on any atom is 0.344 e. The van der Waals surface area contributed by atoms with Gasteiger partial charge in [0.25, 0.3) is 0 Å². The van der Waals surface area contributed by atoms with E-state index in [1.807, 2.05) is 24.3 Å². The highest BCUT2D eigenvalue weighted by atomic mass is 31.2. The van der Waals surface area contributed by atoms with Crippen LogP contribution in [-0.2, 0) is 24.4 Å². The van der Waals surface area contributed by atoms with E-state index in [0.717, 1.165) is 22.3 Å². The van der Waals surface area contributed by atoms with Crippen LogP contribution in [0.3, 0.4) is 0 Å². The smallest absolute Gasteiger partial charge is 0.344 e. The van der Waals surface area contributed by atoms with E-state index >= 15 is 0 Å². The fourth-order valence-corrected chi connectivity index (χ4v) is 5.12. The molecule has 0 amide bonds. The summed E-state index contributed by atoms with van der Waals surface area (Å²) in [6.45, 7) is 16.7. The number of hydrogen-bond donors (Lipinski definition) is 2. The van der Waals surface area contributed by atoms with Crippen LogP contribution in [0.1, 0.15) is 83.7 Å². The Labute approximate surface area is 193 Å². The molecule has 0 saturated carbocycles. The molecule has 2 N–H and O–H groups in total. The minimum absolute atomic E-state index is 0.0603. The Balaban J connectivity index is 2.63. The first kappa shape index (κ1) is 26.5. The van der Waals surface area contributed by atoms with Gasteiger partial charge in [0.15, 0.2) is 0 Å². The summed E-state index contributed by atoms with van der Waals surface area (Å²) in [7, 11) is -3.29. The zero-order valence-electron chi connectivity index (χ0n) is 20.7. The van der Waals surface area contributed by atoms with E-state index in [-0.39, 0.29) is 23.2 Å². The maximum atomic E-state index is 13.1. The molecule has 1 aromatic carbocycles. The fourth-order valence-electron chi connectivity index (χ4n) is 3.67. The summed E-state index contributed by atoms with van der Waals surface area (Å²) in [6, 6.07) is 7.62. The van der Waals surface area contributed by atoms with E-state index in [1.54, 1.807) is 26.2 Å². The van der Waals surface area contributed by atoms with Gasteiger partial charge in [-0.05, 0) is 65.1 Å². The molecule has 7 heteroatoms. The zero-order valence-corrected chi connectivity index (χ0v) is 21.6. The molecule has 0 aliphatic heterocycles. The van der Waals surface area contributed by atoms with Crippen LogP contribution in [-0.4, -0.2) is 29.6 Å². The van der Waals surface area contributed by atoms with Gasteiger partial charge in [-0.2, -0.15) is 0 Å². The zero-order chi connectivity index (χ0) is 24.2. The van der Waals surface area contributed by atoms with Crippen LogP contribution in [0.25, 0.3) is 0 Å². The van der Waals surface area contributed by atoms with Gasteiger partial charge in [0, 0.05) is 12.4 Å². The van der Waals surface area contributed by atoms with E-state index in [0.29, 0.717) is 19.0 Å². The quantitative estimate of drug-likeness (QED) is 0.427. The van der Waals surface area contributed by atoms with Crippen LogP contribution < -0.4 is 5.32 Å². The predicted octanol–water partition coefficient (Wildman–Crippen LogP) is 6.28. The van der Waals surface area contributed by atoms with Crippen LogP contribution in [0.4, 0.5) is 0 Å². The third kappa shape index (κ3) is 6.64. The van der Waals surface area contributed by atoms with Gasteiger partial charge < -0.3 is 14.2 Å². The molecule has 0 fully saturated rings. The number of pyridine rings is 1. The molecule has 1 atom stereocenters. The van der Waals surface area contributed by atoms with Gasteiger partial charge in [-0.3, -0.25) is 14.9 Å². The van der Waals surface area contributed by atoms with E-state index in [2.05, 4.69) is 51.8 Å². The fraction of sp³-hybridized carbons (Fsp3) is 0.560. The Bertz CT molecular complexity index is 888. The summed E-state index contributed by atoms with van der Waals surface area (Å²) in [5, 5.41) is 14.5. The summed E-state index contributed by atoms with van der Waals surface area (Å²) in [4.78, 5) is 4.29. The number of hydrogen-bond acceptors (Lipinski definition) is 6. The molecule has 2 aromatic rings. The highest BCUT2D eigenvalue weighted by Gasteiger charge is 2.30. The lowest BCUT2D eigenvalue weighted by Crippen LogP contribution is -2.26. The van der Waals surface area contributed by atoms with Gasteiger partial charge in [-0.15, -0.1) is 0 Å². The van der Waals surface area contributed by atoms with Gasteiger partial charge >= 0.3 is 7.60 Å². The number of phenols is 1. The van der Waals surface area contributed by atoms with Crippen molar-refractivity contribution in [3.63, 3.8) is 0 Å². The predicted molar refractivity (Wildman–Crippen MR) is 130 cm³/mol. The largest absolute Gasteiger partial charge is 0.507 e. The second-order valence-corrected chi connectivity index (χ2v) is 12.0. The Morgan fingerprint density at radius 3 is 1.94 bits per heavy atom. The van der Waals surface area contributed by atoms with E-state index < -0.39 is 7.60 Å². The monoisotopic (exact) mass is 462 g/mol. The van der Waals surface area contributed by atoms with Crippen LogP contribution in [0.2, 0.25) is 0 Å². The van der Waals surface area contributed by atoms with E-state index in [1.165, 1.54) is 0 Å². The number of benzene rings is 1. The third-order valence-electron chi connectivity index (χ3n) is 5.24. The molecule has 1 unspecified atom stereocenters. The van der Waals surface area contributed by atoms with Crippen molar-refractivity contribution in [1.29, 1.82) is 0 Å². The minimum atomic E-state index is -3.29. The van der Waals surface area contributed by atoms with Crippen LogP contribution in [0.15, 0.2) is 36.7 Å². The van der Waals surface area contributed by atoms with Gasteiger partial charge in [-0.25, -0.2) is 0 Å². The topological polar surface area (TPSA) is 80.7 Å². The molecular weight excluding hydrogens is 423 g/mol. The Hall–Kier alpha value is -1.72. The second kappa shape index (κ2) is 10.5. The number of aromatic nitrogens is 1. The summed E-state index contributed by atoms with van der Waals surface area (Å²) < 4.78 is 24.1. The van der Waals surface area contributed by atoms with Crippen molar-refractivity contribution >= 4 is 7.60 Å². The SMILES string of the molecule is CCOP(=O)(CNC(c1cccnc1)c1cc(C(C)(C)C)c(O)c(C(C)(C)C)c1)OCC. The number of rotatable bonds is 9. The first-order chi connectivity index (χ1) is 14.8. The van der Waals surface area contributed by atoms with Crippen molar-refractivity contribution in [2.75, 3.05) is 19.5 Å².